The molecule has 0 unspecified atom stereocenters. The fourth-order valence-corrected chi connectivity index (χ4v) is 8.72. The molecule has 11 rings (SSSR count). The third-order valence-corrected chi connectivity index (χ3v) is 11.6. The number of benzene rings is 10. The topological polar surface area (TPSA) is 8.17 Å². The number of fused-ring (bicyclic) bond motifs is 5. The van der Waals surface area contributed by atoms with Crippen LogP contribution < -0.4 is 4.90 Å². The first-order valence-electron chi connectivity index (χ1n) is 19.9. The Morgan fingerprint density at radius 1 is 0.276 bits per heavy atom. The van der Waals surface area contributed by atoms with Crippen LogP contribution in [-0.4, -0.2) is 4.57 Å². The minimum atomic E-state index is 1.09. The van der Waals surface area contributed by atoms with Gasteiger partial charge in [-0.2, -0.15) is 0 Å². The molecule has 0 aliphatic rings. The van der Waals surface area contributed by atoms with Crippen LogP contribution in [0.25, 0.3) is 82.4 Å². The second-order valence-electron chi connectivity index (χ2n) is 15.0. The largest absolute Gasteiger partial charge is 0.311 e. The summed E-state index contributed by atoms with van der Waals surface area (Å²) in [5, 5.41) is 7.54. The molecule has 0 bridgehead atoms. The number of hydrogen-bond donors (Lipinski definition) is 0. The predicted molar refractivity (Wildman–Crippen MR) is 247 cm³/mol. The van der Waals surface area contributed by atoms with Crippen LogP contribution in [0, 0.1) is 0 Å². The quantitative estimate of drug-likeness (QED) is 0.158. The van der Waals surface area contributed by atoms with Gasteiger partial charge in [0, 0.05) is 33.5 Å². The van der Waals surface area contributed by atoms with E-state index in [1.54, 1.807) is 0 Å². The van der Waals surface area contributed by atoms with Crippen molar-refractivity contribution in [3.63, 3.8) is 0 Å². The number of hydrogen-bond acceptors (Lipinski definition) is 1. The summed E-state index contributed by atoms with van der Waals surface area (Å²) in [5.41, 5.74) is 14.1. The minimum Gasteiger partial charge on any atom is -0.311 e. The summed E-state index contributed by atoms with van der Waals surface area (Å²) < 4.78 is 2.37. The predicted octanol–water partition coefficient (Wildman–Crippen LogP) is 15.6. The van der Waals surface area contributed by atoms with Gasteiger partial charge in [0.05, 0.1) is 11.0 Å². The lowest BCUT2D eigenvalue weighted by atomic mass is 9.95. The van der Waals surface area contributed by atoms with E-state index >= 15 is 0 Å². The van der Waals surface area contributed by atoms with Gasteiger partial charge in [-0.25, -0.2) is 0 Å². The molecule has 10 aromatic carbocycles. The summed E-state index contributed by atoms with van der Waals surface area (Å²) in [6.45, 7) is 0. The van der Waals surface area contributed by atoms with Crippen molar-refractivity contribution in [3.8, 4) is 39.1 Å². The highest BCUT2D eigenvalue weighted by atomic mass is 15.1. The molecule has 0 aliphatic heterocycles. The zero-order valence-electron chi connectivity index (χ0n) is 31.8. The van der Waals surface area contributed by atoms with Crippen molar-refractivity contribution in [3.05, 3.63) is 231 Å². The molecule has 272 valence electrons. The molecule has 0 spiro atoms. The Morgan fingerprint density at radius 2 is 0.741 bits per heavy atom. The first-order valence-corrected chi connectivity index (χ1v) is 19.9. The average Bonchev–Trinajstić information content (AvgIpc) is 3.64. The van der Waals surface area contributed by atoms with Crippen molar-refractivity contribution in [1.29, 1.82) is 0 Å². The molecule has 0 saturated heterocycles. The maximum Gasteiger partial charge on any atom is 0.0541 e. The molecule has 0 amide bonds. The molecule has 0 atom stereocenters. The van der Waals surface area contributed by atoms with Crippen LogP contribution in [0.4, 0.5) is 17.1 Å². The first-order chi connectivity index (χ1) is 28.7. The van der Waals surface area contributed by atoms with E-state index < -0.39 is 0 Å². The molecule has 1 heterocycles. The third kappa shape index (κ3) is 5.91. The maximum atomic E-state index is 2.37. The highest BCUT2D eigenvalue weighted by molar-refractivity contribution is 6.09. The normalized spacial score (nSPS) is 11.4. The molecule has 2 nitrogen and oxygen atoms in total. The van der Waals surface area contributed by atoms with Crippen LogP contribution in [0.15, 0.2) is 231 Å². The Bertz CT molecular complexity index is 3200. The molecule has 0 aliphatic carbocycles. The highest BCUT2D eigenvalue weighted by Gasteiger charge is 2.16. The van der Waals surface area contributed by atoms with Gasteiger partial charge < -0.3 is 9.47 Å². The molecule has 0 N–H and O–H groups in total. The van der Waals surface area contributed by atoms with Gasteiger partial charge in [-0.1, -0.05) is 158 Å². The van der Waals surface area contributed by atoms with E-state index in [1.165, 1.54) is 76.7 Å². The summed E-state index contributed by atoms with van der Waals surface area (Å²) in [6, 6.07) is 83.7. The molecule has 0 radical (unpaired) electrons. The smallest absolute Gasteiger partial charge is 0.0541 e. The molecule has 0 saturated carbocycles. The van der Waals surface area contributed by atoms with Gasteiger partial charge >= 0.3 is 0 Å². The van der Waals surface area contributed by atoms with Crippen LogP contribution in [0.2, 0.25) is 0 Å². The average molecular weight is 739 g/mol. The summed E-state index contributed by atoms with van der Waals surface area (Å²) >= 11 is 0. The van der Waals surface area contributed by atoms with E-state index in [2.05, 4.69) is 240 Å². The zero-order valence-corrected chi connectivity index (χ0v) is 31.8. The number of anilines is 3. The van der Waals surface area contributed by atoms with E-state index in [-0.39, 0.29) is 0 Å². The van der Waals surface area contributed by atoms with Crippen LogP contribution in [0.3, 0.4) is 0 Å². The van der Waals surface area contributed by atoms with Gasteiger partial charge in [0.25, 0.3) is 0 Å². The number of nitrogens with zero attached hydrogens (tertiary/aromatic N) is 2. The third-order valence-electron chi connectivity index (χ3n) is 11.6. The molecule has 58 heavy (non-hydrogen) atoms. The summed E-state index contributed by atoms with van der Waals surface area (Å²) in [7, 11) is 0. The van der Waals surface area contributed by atoms with E-state index in [9.17, 15) is 0 Å². The van der Waals surface area contributed by atoms with Crippen molar-refractivity contribution in [2.45, 2.75) is 0 Å². The van der Waals surface area contributed by atoms with E-state index in [4.69, 9.17) is 0 Å². The van der Waals surface area contributed by atoms with Crippen molar-refractivity contribution in [1.82, 2.24) is 4.57 Å². The van der Waals surface area contributed by atoms with Crippen LogP contribution in [0.1, 0.15) is 0 Å². The Hall–Kier alpha value is -7.68. The summed E-state index contributed by atoms with van der Waals surface area (Å²) in [4.78, 5) is 2.36. The zero-order chi connectivity index (χ0) is 38.4. The fraction of sp³-hybridized carbons (Fsp3) is 0. The van der Waals surface area contributed by atoms with Crippen molar-refractivity contribution in [2.24, 2.45) is 0 Å². The highest BCUT2D eigenvalue weighted by Crippen LogP contribution is 2.39. The summed E-state index contributed by atoms with van der Waals surface area (Å²) in [5.74, 6) is 0. The number of rotatable bonds is 7. The molecule has 11 aromatic rings. The Balaban J connectivity index is 0.981. The SMILES string of the molecule is c1cc(-c2ccc(N(c3ccc(-c4ccc5ccccc5c4)cc3)c3ccc(-n4c5ccccc5c5ccccc54)cc3)cc2)cc(-c2cccc3ccccc23)c1. The van der Waals surface area contributed by atoms with Gasteiger partial charge in [-0.3, -0.25) is 0 Å². The van der Waals surface area contributed by atoms with Crippen molar-refractivity contribution < 1.29 is 0 Å². The molecule has 1 aromatic heterocycles. The van der Waals surface area contributed by atoms with Gasteiger partial charge in [0.2, 0.25) is 0 Å². The van der Waals surface area contributed by atoms with Crippen LogP contribution in [0.5, 0.6) is 0 Å². The molecular weight excluding hydrogens is 701 g/mol. The number of aromatic nitrogens is 1. The van der Waals surface area contributed by atoms with Crippen molar-refractivity contribution in [2.75, 3.05) is 4.90 Å². The van der Waals surface area contributed by atoms with Gasteiger partial charge in [0.1, 0.15) is 0 Å². The Labute approximate surface area is 338 Å². The lowest BCUT2D eigenvalue weighted by Crippen LogP contribution is -2.10. The molecular formula is C56H38N2. The van der Waals surface area contributed by atoms with Gasteiger partial charge in [-0.05, 0) is 128 Å². The standard InChI is InChI=1S/C56H38N2/c1-2-13-43-37-45(24-23-39(43)11-1)41-27-31-48(32-28-41)57(49-33-35-50(36-34-49)58-55-21-7-5-18-53(55)54-19-6-8-22-56(54)58)47-29-25-40(26-30-47)44-15-9-16-46(38-44)52-20-10-14-42-12-3-4-17-51(42)52/h1-38H. The second kappa shape index (κ2) is 14.1. The lowest BCUT2D eigenvalue weighted by Gasteiger charge is -2.26. The van der Waals surface area contributed by atoms with Gasteiger partial charge in [0.15, 0.2) is 0 Å². The fourth-order valence-electron chi connectivity index (χ4n) is 8.72. The van der Waals surface area contributed by atoms with E-state index in [0.717, 1.165) is 22.7 Å². The minimum absolute atomic E-state index is 1.09. The first kappa shape index (κ1) is 33.6. The van der Waals surface area contributed by atoms with Gasteiger partial charge in [-0.15, -0.1) is 0 Å². The van der Waals surface area contributed by atoms with Crippen LogP contribution >= 0.6 is 0 Å². The maximum absolute atomic E-state index is 2.37. The summed E-state index contributed by atoms with van der Waals surface area (Å²) in [6.07, 6.45) is 0. The van der Waals surface area contributed by atoms with Crippen molar-refractivity contribution >= 4 is 60.4 Å². The van der Waals surface area contributed by atoms with E-state index in [0.29, 0.717) is 0 Å². The Kier molecular flexibility index (Phi) is 8.19. The monoisotopic (exact) mass is 738 g/mol. The lowest BCUT2D eigenvalue weighted by molar-refractivity contribution is 1.17. The molecule has 0 fully saturated rings. The molecule has 2 heteroatoms. The second-order valence-corrected chi connectivity index (χ2v) is 15.0. The van der Waals surface area contributed by atoms with Crippen LogP contribution in [-0.2, 0) is 0 Å². The number of para-hydroxylation sites is 2. The Morgan fingerprint density at radius 3 is 1.40 bits per heavy atom. The van der Waals surface area contributed by atoms with E-state index in [1.807, 2.05) is 0 Å².